The highest BCUT2D eigenvalue weighted by molar-refractivity contribution is 5.49. The van der Waals surface area contributed by atoms with E-state index in [4.69, 9.17) is 0 Å². The molecule has 0 radical (unpaired) electrons. The van der Waals surface area contributed by atoms with E-state index in [0.717, 1.165) is 11.5 Å². The second-order valence-electron chi connectivity index (χ2n) is 3.40. The van der Waals surface area contributed by atoms with Gasteiger partial charge >= 0.3 is 0 Å². The molecule has 3 aromatic rings. The zero-order valence-electron chi connectivity index (χ0n) is 8.93. The van der Waals surface area contributed by atoms with E-state index in [1.165, 1.54) is 0 Å². The van der Waals surface area contributed by atoms with Crippen LogP contribution < -0.4 is 0 Å². The van der Waals surface area contributed by atoms with Crippen molar-refractivity contribution < 1.29 is 0 Å². The molecule has 0 aliphatic heterocycles. The van der Waals surface area contributed by atoms with E-state index in [2.05, 4.69) is 20.1 Å². The minimum absolute atomic E-state index is 0.596. The van der Waals surface area contributed by atoms with E-state index in [1.54, 1.807) is 29.3 Å². The summed E-state index contributed by atoms with van der Waals surface area (Å²) in [5.74, 6) is 1.32. The average molecular weight is 223 g/mol. The molecule has 0 fully saturated rings. The molecule has 0 spiro atoms. The Balaban J connectivity index is 2.06. The van der Waals surface area contributed by atoms with Crippen molar-refractivity contribution in [3.05, 3.63) is 55.1 Å². The summed E-state index contributed by atoms with van der Waals surface area (Å²) >= 11 is 0. The van der Waals surface area contributed by atoms with Crippen molar-refractivity contribution in [1.29, 1.82) is 0 Å². The SMILES string of the molecule is c1ccc(-c2nccc(-n3cccn3)n2)nc1. The van der Waals surface area contributed by atoms with Crippen LogP contribution >= 0.6 is 0 Å². The lowest BCUT2D eigenvalue weighted by Crippen LogP contribution is -2.00. The van der Waals surface area contributed by atoms with Gasteiger partial charge in [0.1, 0.15) is 5.69 Å². The third-order valence-electron chi connectivity index (χ3n) is 2.27. The van der Waals surface area contributed by atoms with Gasteiger partial charge in [-0.2, -0.15) is 5.10 Å². The van der Waals surface area contributed by atoms with Crippen LogP contribution in [0.5, 0.6) is 0 Å². The molecular formula is C12H9N5. The minimum Gasteiger partial charge on any atom is -0.253 e. The summed E-state index contributed by atoms with van der Waals surface area (Å²) in [5, 5.41) is 4.13. The molecule has 3 aromatic heterocycles. The van der Waals surface area contributed by atoms with Crippen LogP contribution in [0.25, 0.3) is 17.3 Å². The van der Waals surface area contributed by atoms with Crippen LogP contribution in [0.4, 0.5) is 0 Å². The van der Waals surface area contributed by atoms with E-state index < -0.39 is 0 Å². The summed E-state index contributed by atoms with van der Waals surface area (Å²) in [6.07, 6.45) is 6.97. The third-order valence-corrected chi connectivity index (χ3v) is 2.27. The first kappa shape index (κ1) is 9.65. The highest BCUT2D eigenvalue weighted by Crippen LogP contribution is 2.11. The van der Waals surface area contributed by atoms with Gasteiger partial charge in [0.05, 0.1) is 0 Å². The maximum atomic E-state index is 4.41. The molecule has 0 bridgehead atoms. The van der Waals surface area contributed by atoms with Crippen LogP contribution in [0.2, 0.25) is 0 Å². The standard InChI is InChI=1S/C12H9N5/c1-2-6-13-10(4-1)12-14-8-5-11(16-12)17-9-3-7-15-17/h1-9H. The Morgan fingerprint density at radius 2 is 1.88 bits per heavy atom. The Bertz CT molecular complexity index is 604. The molecule has 0 atom stereocenters. The molecule has 3 heterocycles. The fourth-order valence-corrected chi connectivity index (χ4v) is 1.50. The summed E-state index contributed by atoms with van der Waals surface area (Å²) in [5.41, 5.74) is 0.751. The fourth-order valence-electron chi connectivity index (χ4n) is 1.50. The molecule has 0 N–H and O–H groups in total. The van der Waals surface area contributed by atoms with Gasteiger partial charge in [-0.25, -0.2) is 14.6 Å². The molecule has 0 saturated carbocycles. The number of hydrogen-bond donors (Lipinski definition) is 0. The van der Waals surface area contributed by atoms with Gasteiger partial charge in [-0.1, -0.05) is 6.07 Å². The fraction of sp³-hybridized carbons (Fsp3) is 0. The maximum absolute atomic E-state index is 4.41. The second kappa shape index (κ2) is 4.13. The molecule has 3 rings (SSSR count). The molecule has 0 aromatic carbocycles. The maximum Gasteiger partial charge on any atom is 0.180 e. The molecule has 82 valence electrons. The number of aromatic nitrogens is 5. The van der Waals surface area contributed by atoms with Crippen molar-refractivity contribution in [2.24, 2.45) is 0 Å². The molecule has 17 heavy (non-hydrogen) atoms. The Kier molecular flexibility index (Phi) is 2.34. The molecule has 0 aliphatic rings. The molecule has 5 nitrogen and oxygen atoms in total. The first-order chi connectivity index (χ1) is 8.43. The highest BCUT2D eigenvalue weighted by Gasteiger charge is 2.04. The number of pyridine rings is 1. The summed E-state index contributed by atoms with van der Waals surface area (Å²) in [6, 6.07) is 9.30. The van der Waals surface area contributed by atoms with Crippen LogP contribution in [-0.2, 0) is 0 Å². The normalized spacial score (nSPS) is 10.4. The van der Waals surface area contributed by atoms with Crippen molar-refractivity contribution >= 4 is 0 Å². The van der Waals surface area contributed by atoms with Crippen LogP contribution in [0, 0.1) is 0 Å². The molecule has 0 amide bonds. The Morgan fingerprint density at radius 3 is 2.65 bits per heavy atom. The van der Waals surface area contributed by atoms with Crippen LogP contribution in [0.1, 0.15) is 0 Å². The van der Waals surface area contributed by atoms with Crippen LogP contribution in [0.3, 0.4) is 0 Å². The average Bonchev–Trinajstić information content (AvgIpc) is 2.94. The molecule has 0 aliphatic carbocycles. The van der Waals surface area contributed by atoms with Gasteiger partial charge in [0.25, 0.3) is 0 Å². The topological polar surface area (TPSA) is 56.5 Å². The molecular weight excluding hydrogens is 214 g/mol. The van der Waals surface area contributed by atoms with Crippen molar-refractivity contribution in [3.8, 4) is 17.3 Å². The van der Waals surface area contributed by atoms with Gasteiger partial charge in [0.15, 0.2) is 11.6 Å². The van der Waals surface area contributed by atoms with Gasteiger partial charge in [-0.05, 0) is 18.2 Å². The van der Waals surface area contributed by atoms with Crippen molar-refractivity contribution in [2.75, 3.05) is 0 Å². The lowest BCUT2D eigenvalue weighted by Gasteiger charge is -2.02. The predicted octanol–water partition coefficient (Wildman–Crippen LogP) is 1.72. The van der Waals surface area contributed by atoms with Gasteiger partial charge in [0, 0.05) is 30.9 Å². The zero-order chi connectivity index (χ0) is 11.5. The van der Waals surface area contributed by atoms with Crippen LogP contribution in [-0.4, -0.2) is 24.7 Å². The monoisotopic (exact) mass is 223 g/mol. The lowest BCUT2D eigenvalue weighted by molar-refractivity contribution is 0.841. The first-order valence-corrected chi connectivity index (χ1v) is 5.18. The highest BCUT2D eigenvalue weighted by atomic mass is 15.3. The van der Waals surface area contributed by atoms with Crippen molar-refractivity contribution in [3.63, 3.8) is 0 Å². The Morgan fingerprint density at radius 1 is 0.882 bits per heavy atom. The molecule has 0 saturated heterocycles. The minimum atomic E-state index is 0.596. The number of hydrogen-bond acceptors (Lipinski definition) is 4. The van der Waals surface area contributed by atoms with E-state index >= 15 is 0 Å². The largest absolute Gasteiger partial charge is 0.253 e. The van der Waals surface area contributed by atoms with Gasteiger partial charge in [-0.3, -0.25) is 4.98 Å². The number of nitrogens with zero attached hydrogens (tertiary/aromatic N) is 5. The number of rotatable bonds is 2. The Labute approximate surface area is 97.8 Å². The zero-order valence-corrected chi connectivity index (χ0v) is 8.93. The lowest BCUT2D eigenvalue weighted by atomic mass is 10.3. The summed E-state index contributed by atoms with van der Waals surface area (Å²) in [4.78, 5) is 12.8. The smallest absolute Gasteiger partial charge is 0.180 e. The van der Waals surface area contributed by atoms with Gasteiger partial charge in [0.2, 0.25) is 0 Å². The van der Waals surface area contributed by atoms with Crippen molar-refractivity contribution in [1.82, 2.24) is 24.7 Å². The van der Waals surface area contributed by atoms with Gasteiger partial charge < -0.3 is 0 Å². The first-order valence-electron chi connectivity index (χ1n) is 5.18. The summed E-state index contributed by atoms with van der Waals surface area (Å²) in [7, 11) is 0. The quantitative estimate of drug-likeness (QED) is 0.663. The van der Waals surface area contributed by atoms with E-state index in [1.807, 2.05) is 30.5 Å². The Hall–Kier alpha value is -2.56. The van der Waals surface area contributed by atoms with Crippen LogP contribution in [0.15, 0.2) is 55.1 Å². The predicted molar refractivity (Wildman–Crippen MR) is 62.4 cm³/mol. The van der Waals surface area contributed by atoms with Gasteiger partial charge in [-0.15, -0.1) is 0 Å². The van der Waals surface area contributed by atoms with E-state index in [-0.39, 0.29) is 0 Å². The summed E-state index contributed by atoms with van der Waals surface area (Å²) < 4.78 is 1.69. The van der Waals surface area contributed by atoms with E-state index in [9.17, 15) is 0 Å². The summed E-state index contributed by atoms with van der Waals surface area (Å²) in [6.45, 7) is 0. The second-order valence-corrected chi connectivity index (χ2v) is 3.40. The van der Waals surface area contributed by atoms with Crippen molar-refractivity contribution in [2.45, 2.75) is 0 Å². The molecule has 5 heteroatoms. The molecule has 0 unspecified atom stereocenters. The third kappa shape index (κ3) is 1.90. The van der Waals surface area contributed by atoms with E-state index in [0.29, 0.717) is 5.82 Å².